The van der Waals surface area contributed by atoms with Crippen molar-refractivity contribution in [2.24, 2.45) is 13.0 Å². The van der Waals surface area contributed by atoms with Crippen molar-refractivity contribution in [3.63, 3.8) is 0 Å². The summed E-state index contributed by atoms with van der Waals surface area (Å²) in [6.45, 7) is 2.42. The van der Waals surface area contributed by atoms with Crippen LogP contribution in [0, 0.1) is 5.92 Å². The summed E-state index contributed by atoms with van der Waals surface area (Å²) in [7, 11) is 3.99. The van der Waals surface area contributed by atoms with Gasteiger partial charge in [-0.15, -0.1) is 0 Å². The average molecular weight is 265 g/mol. The van der Waals surface area contributed by atoms with Gasteiger partial charge in [0, 0.05) is 32.9 Å². The van der Waals surface area contributed by atoms with Crippen LogP contribution in [0.15, 0.2) is 12.3 Å². The first-order valence-electron chi connectivity index (χ1n) is 7.11. The van der Waals surface area contributed by atoms with E-state index in [1.54, 1.807) is 0 Å². The second kappa shape index (κ2) is 5.23. The van der Waals surface area contributed by atoms with Gasteiger partial charge in [-0.1, -0.05) is 0 Å². The zero-order valence-electron chi connectivity index (χ0n) is 11.8. The molecule has 0 radical (unpaired) electrons. The molecule has 3 unspecified atom stereocenters. The van der Waals surface area contributed by atoms with Crippen LogP contribution in [0.2, 0.25) is 0 Å². The Kier molecular flexibility index (Phi) is 3.60. The van der Waals surface area contributed by atoms with Gasteiger partial charge in [0.1, 0.15) is 0 Å². The van der Waals surface area contributed by atoms with Crippen LogP contribution >= 0.6 is 0 Å². The van der Waals surface area contributed by atoms with Crippen molar-refractivity contribution in [1.29, 1.82) is 0 Å². The second-order valence-corrected chi connectivity index (χ2v) is 5.77. The summed E-state index contributed by atoms with van der Waals surface area (Å²) in [5.41, 5.74) is 1.10. The summed E-state index contributed by atoms with van der Waals surface area (Å²) in [4.78, 5) is 0. The molecule has 3 atom stereocenters. The van der Waals surface area contributed by atoms with Crippen LogP contribution in [0.25, 0.3) is 0 Å². The van der Waals surface area contributed by atoms with Crippen LogP contribution in [0.1, 0.15) is 31.0 Å². The topological polar surface area (TPSA) is 48.3 Å². The number of nitrogens with zero attached hydrogens (tertiary/aromatic N) is 2. The van der Waals surface area contributed by atoms with Crippen LogP contribution in [0.3, 0.4) is 0 Å². The van der Waals surface area contributed by atoms with E-state index in [9.17, 15) is 0 Å². The minimum atomic E-state index is -0.0349. The first-order chi connectivity index (χ1) is 9.22. The Labute approximate surface area is 114 Å². The summed E-state index contributed by atoms with van der Waals surface area (Å²) in [6, 6.07) is 2.41. The van der Waals surface area contributed by atoms with Crippen molar-refractivity contribution in [2.75, 3.05) is 26.9 Å². The van der Waals surface area contributed by atoms with Crippen LogP contribution < -0.4 is 5.32 Å². The number of aromatic nitrogens is 2. The summed E-state index contributed by atoms with van der Waals surface area (Å²) in [6.07, 6.45) is 5.19. The van der Waals surface area contributed by atoms with Crippen molar-refractivity contribution < 1.29 is 9.47 Å². The molecule has 3 rings (SSSR count). The fraction of sp³-hybridized carbons (Fsp3) is 0.786. The standard InChI is InChI=1S/C14H23N3O2/c1-15-13(12-3-6-17(2)16-12)11-4-7-19-14(9-11)5-8-18-10-14/h3,6,11,13,15H,4-5,7-10H2,1-2H3. The highest BCUT2D eigenvalue weighted by Crippen LogP contribution is 2.40. The van der Waals surface area contributed by atoms with E-state index in [-0.39, 0.29) is 5.60 Å². The summed E-state index contributed by atoms with van der Waals surface area (Å²) >= 11 is 0. The van der Waals surface area contributed by atoms with E-state index in [4.69, 9.17) is 9.47 Å². The van der Waals surface area contributed by atoms with Crippen molar-refractivity contribution >= 4 is 0 Å². The minimum absolute atomic E-state index is 0.0349. The summed E-state index contributed by atoms with van der Waals surface area (Å²) in [5.74, 6) is 0.565. The summed E-state index contributed by atoms with van der Waals surface area (Å²) < 4.78 is 13.4. The maximum Gasteiger partial charge on any atom is 0.0940 e. The maximum atomic E-state index is 6.01. The molecule has 0 aromatic carbocycles. The Morgan fingerprint density at radius 2 is 2.42 bits per heavy atom. The van der Waals surface area contributed by atoms with E-state index in [2.05, 4.69) is 16.5 Å². The lowest BCUT2D eigenvalue weighted by Gasteiger charge is -2.39. The van der Waals surface area contributed by atoms with E-state index in [1.807, 2.05) is 25.0 Å². The van der Waals surface area contributed by atoms with Gasteiger partial charge in [0.2, 0.25) is 0 Å². The maximum absolute atomic E-state index is 6.01. The zero-order chi connectivity index (χ0) is 13.3. The molecule has 0 aliphatic carbocycles. The number of hydrogen-bond acceptors (Lipinski definition) is 4. The van der Waals surface area contributed by atoms with E-state index < -0.39 is 0 Å². The van der Waals surface area contributed by atoms with E-state index >= 15 is 0 Å². The quantitative estimate of drug-likeness (QED) is 0.894. The molecule has 1 N–H and O–H groups in total. The summed E-state index contributed by atoms with van der Waals surface area (Å²) in [5, 5.41) is 7.99. The molecule has 0 bridgehead atoms. The highest BCUT2D eigenvalue weighted by molar-refractivity contribution is 5.08. The Morgan fingerprint density at radius 3 is 3.05 bits per heavy atom. The molecule has 106 valence electrons. The number of rotatable bonds is 3. The molecule has 19 heavy (non-hydrogen) atoms. The molecule has 5 heteroatoms. The molecular weight excluding hydrogens is 242 g/mol. The fourth-order valence-electron chi connectivity index (χ4n) is 3.44. The molecule has 2 aliphatic heterocycles. The van der Waals surface area contributed by atoms with Gasteiger partial charge in [0.25, 0.3) is 0 Å². The Hall–Kier alpha value is -0.910. The molecule has 2 fully saturated rings. The van der Waals surface area contributed by atoms with Crippen molar-refractivity contribution in [3.8, 4) is 0 Å². The second-order valence-electron chi connectivity index (χ2n) is 5.77. The van der Waals surface area contributed by atoms with Crippen LogP contribution in [0.5, 0.6) is 0 Å². The van der Waals surface area contributed by atoms with Gasteiger partial charge in [0.15, 0.2) is 0 Å². The first-order valence-corrected chi connectivity index (χ1v) is 7.11. The average Bonchev–Trinajstić information content (AvgIpc) is 3.01. The largest absolute Gasteiger partial charge is 0.378 e. The van der Waals surface area contributed by atoms with Crippen molar-refractivity contribution in [3.05, 3.63) is 18.0 Å². The third-order valence-electron chi connectivity index (χ3n) is 4.43. The third kappa shape index (κ3) is 2.55. The van der Waals surface area contributed by atoms with Gasteiger partial charge >= 0.3 is 0 Å². The molecule has 2 aliphatic rings. The predicted molar refractivity (Wildman–Crippen MR) is 71.9 cm³/mol. The van der Waals surface area contributed by atoms with Gasteiger partial charge < -0.3 is 14.8 Å². The molecule has 1 spiro atoms. The van der Waals surface area contributed by atoms with Crippen LogP contribution in [-0.4, -0.2) is 42.2 Å². The molecule has 5 nitrogen and oxygen atoms in total. The van der Waals surface area contributed by atoms with E-state index in [0.29, 0.717) is 12.0 Å². The normalized spacial score (nSPS) is 32.8. The fourth-order valence-corrected chi connectivity index (χ4v) is 3.44. The van der Waals surface area contributed by atoms with Gasteiger partial charge in [0.05, 0.1) is 23.9 Å². The molecule has 2 saturated heterocycles. The Bertz CT molecular complexity index is 426. The van der Waals surface area contributed by atoms with Crippen LogP contribution in [-0.2, 0) is 16.5 Å². The molecule has 3 heterocycles. The highest BCUT2D eigenvalue weighted by Gasteiger charge is 2.43. The molecular formula is C14H23N3O2. The van der Waals surface area contributed by atoms with Crippen molar-refractivity contribution in [2.45, 2.75) is 30.9 Å². The van der Waals surface area contributed by atoms with Crippen LogP contribution in [0.4, 0.5) is 0 Å². The van der Waals surface area contributed by atoms with Gasteiger partial charge in [-0.05, 0) is 31.9 Å². The van der Waals surface area contributed by atoms with E-state index in [1.165, 1.54) is 0 Å². The molecule has 1 aromatic heterocycles. The lowest BCUT2D eigenvalue weighted by molar-refractivity contribution is -0.103. The van der Waals surface area contributed by atoms with Gasteiger partial charge in [-0.2, -0.15) is 5.10 Å². The number of nitrogens with one attached hydrogen (secondary N) is 1. The Morgan fingerprint density at radius 1 is 1.53 bits per heavy atom. The lowest BCUT2D eigenvalue weighted by Crippen LogP contribution is -2.43. The number of hydrogen-bond donors (Lipinski definition) is 1. The van der Waals surface area contributed by atoms with Gasteiger partial charge in [-0.25, -0.2) is 0 Å². The smallest absolute Gasteiger partial charge is 0.0940 e. The predicted octanol–water partition coefficient (Wildman–Crippen LogP) is 1.27. The number of ether oxygens (including phenoxy) is 2. The van der Waals surface area contributed by atoms with E-state index in [0.717, 1.165) is 44.8 Å². The first kappa shape index (κ1) is 13.1. The van der Waals surface area contributed by atoms with Crippen molar-refractivity contribution in [1.82, 2.24) is 15.1 Å². The minimum Gasteiger partial charge on any atom is -0.378 e. The third-order valence-corrected chi connectivity index (χ3v) is 4.43. The lowest BCUT2D eigenvalue weighted by atomic mass is 9.80. The Balaban J connectivity index is 1.76. The van der Waals surface area contributed by atoms with Gasteiger partial charge in [-0.3, -0.25) is 4.68 Å². The number of aryl methyl sites for hydroxylation is 1. The SMILES string of the molecule is CNC(c1ccn(C)n1)C1CCOC2(CCOC2)C1. The monoisotopic (exact) mass is 265 g/mol. The molecule has 1 aromatic rings. The zero-order valence-corrected chi connectivity index (χ0v) is 11.8. The molecule has 0 saturated carbocycles. The highest BCUT2D eigenvalue weighted by atomic mass is 16.6. The molecule has 0 amide bonds.